The third-order valence-corrected chi connectivity index (χ3v) is 3.34. The van der Waals surface area contributed by atoms with Gasteiger partial charge in [-0.2, -0.15) is 10.2 Å². The molecule has 0 atom stereocenters. The summed E-state index contributed by atoms with van der Waals surface area (Å²) in [6.07, 6.45) is 6.09. The molecular weight excluding hydrogens is 280 g/mol. The number of pyridine rings is 1. The summed E-state index contributed by atoms with van der Waals surface area (Å²) in [6, 6.07) is 5.72. The van der Waals surface area contributed by atoms with E-state index in [-0.39, 0.29) is 6.61 Å². The van der Waals surface area contributed by atoms with Crippen LogP contribution >= 0.6 is 0 Å². The van der Waals surface area contributed by atoms with E-state index >= 15 is 0 Å². The lowest BCUT2D eigenvalue weighted by Crippen LogP contribution is -2.11. The lowest BCUT2D eigenvalue weighted by atomic mass is 10.2. The molecule has 0 radical (unpaired) electrons. The Hall–Kier alpha value is -2.54. The molecule has 0 aliphatic rings. The average Bonchev–Trinajstić information content (AvgIpc) is 3.13. The van der Waals surface area contributed by atoms with Crippen LogP contribution in [0.15, 0.2) is 36.8 Å². The maximum absolute atomic E-state index is 9.20. The van der Waals surface area contributed by atoms with E-state index in [2.05, 4.69) is 20.2 Å². The third-order valence-electron chi connectivity index (χ3n) is 3.34. The van der Waals surface area contributed by atoms with Gasteiger partial charge in [0.25, 0.3) is 0 Å². The molecule has 1 N–H and O–H groups in total. The highest BCUT2D eigenvalue weighted by Crippen LogP contribution is 2.15. The smallest absolute Gasteiger partial charge is 0.181 e. The molecule has 0 unspecified atom stereocenters. The van der Waals surface area contributed by atoms with Crippen molar-refractivity contribution in [3.8, 4) is 11.4 Å². The first-order valence-electron chi connectivity index (χ1n) is 7.21. The molecule has 3 rings (SSSR count). The molecule has 0 bridgehead atoms. The molecule has 0 aromatic carbocycles. The number of hydrogen-bond donors (Lipinski definition) is 1. The fraction of sp³-hybridized carbons (Fsp3) is 0.333. The first-order chi connectivity index (χ1) is 10.8. The highest BCUT2D eigenvalue weighted by Gasteiger charge is 2.11. The zero-order valence-corrected chi connectivity index (χ0v) is 12.4. The molecular formula is C15H18N6O. The van der Waals surface area contributed by atoms with Crippen molar-refractivity contribution in [3.63, 3.8) is 0 Å². The first kappa shape index (κ1) is 14.4. The monoisotopic (exact) mass is 298 g/mol. The average molecular weight is 298 g/mol. The Bertz CT molecular complexity index is 734. The Morgan fingerprint density at radius 1 is 1.09 bits per heavy atom. The van der Waals surface area contributed by atoms with Crippen LogP contribution in [-0.4, -0.2) is 41.2 Å². The molecule has 114 valence electrons. The minimum atomic E-state index is 0.0347. The van der Waals surface area contributed by atoms with Gasteiger partial charge in [-0.05, 0) is 25.1 Å². The minimum absolute atomic E-state index is 0.0347. The molecule has 3 heterocycles. The highest BCUT2D eigenvalue weighted by molar-refractivity contribution is 5.53. The number of aryl methyl sites for hydroxylation is 3. The second kappa shape index (κ2) is 6.48. The summed E-state index contributed by atoms with van der Waals surface area (Å²) in [5, 5.41) is 18.0. The summed E-state index contributed by atoms with van der Waals surface area (Å²) in [7, 11) is 0. The van der Waals surface area contributed by atoms with Gasteiger partial charge in [0.2, 0.25) is 0 Å². The number of hydrogen-bond acceptors (Lipinski definition) is 5. The summed E-state index contributed by atoms with van der Waals surface area (Å²) in [5.74, 6) is 1.50. The normalized spacial score (nSPS) is 11.0. The molecule has 0 aliphatic carbocycles. The number of rotatable bonds is 6. The lowest BCUT2D eigenvalue weighted by Gasteiger charge is -2.04. The van der Waals surface area contributed by atoms with Gasteiger partial charge in [-0.15, -0.1) is 0 Å². The van der Waals surface area contributed by atoms with Crippen LogP contribution in [0, 0.1) is 6.92 Å². The quantitative estimate of drug-likeness (QED) is 0.736. The van der Waals surface area contributed by atoms with E-state index < -0.39 is 0 Å². The van der Waals surface area contributed by atoms with Crippen LogP contribution in [0.2, 0.25) is 0 Å². The largest absolute Gasteiger partial charge is 0.394 e. The molecule has 0 saturated carbocycles. The molecule has 7 heteroatoms. The maximum atomic E-state index is 9.20. The zero-order chi connectivity index (χ0) is 15.4. The molecule has 7 nitrogen and oxygen atoms in total. The summed E-state index contributed by atoms with van der Waals surface area (Å²) in [6.45, 7) is 3.17. The van der Waals surface area contributed by atoms with Crippen molar-refractivity contribution in [1.29, 1.82) is 0 Å². The van der Waals surface area contributed by atoms with Gasteiger partial charge >= 0.3 is 0 Å². The van der Waals surface area contributed by atoms with E-state index in [4.69, 9.17) is 0 Å². The number of nitrogens with zero attached hydrogens (tertiary/aromatic N) is 6. The Morgan fingerprint density at radius 3 is 2.59 bits per heavy atom. The first-order valence-corrected chi connectivity index (χ1v) is 7.21. The van der Waals surface area contributed by atoms with Crippen molar-refractivity contribution in [2.75, 3.05) is 6.61 Å². The fourth-order valence-corrected chi connectivity index (χ4v) is 2.26. The van der Waals surface area contributed by atoms with Gasteiger partial charge in [0.05, 0.1) is 18.8 Å². The Balaban J connectivity index is 1.81. The summed E-state index contributed by atoms with van der Waals surface area (Å²) < 4.78 is 3.64. The second-order valence-corrected chi connectivity index (χ2v) is 5.00. The maximum Gasteiger partial charge on any atom is 0.181 e. The summed E-state index contributed by atoms with van der Waals surface area (Å²) in [4.78, 5) is 8.59. The van der Waals surface area contributed by atoms with E-state index in [1.807, 2.05) is 36.0 Å². The van der Waals surface area contributed by atoms with Crippen LogP contribution in [0.4, 0.5) is 0 Å². The van der Waals surface area contributed by atoms with E-state index in [0.717, 1.165) is 23.6 Å². The van der Waals surface area contributed by atoms with Gasteiger partial charge in [0.15, 0.2) is 5.82 Å². The van der Waals surface area contributed by atoms with Gasteiger partial charge < -0.3 is 5.11 Å². The van der Waals surface area contributed by atoms with Crippen LogP contribution in [-0.2, 0) is 19.5 Å². The van der Waals surface area contributed by atoms with Crippen LogP contribution in [0.5, 0.6) is 0 Å². The highest BCUT2D eigenvalue weighted by atomic mass is 16.3. The van der Waals surface area contributed by atoms with Crippen LogP contribution in [0.25, 0.3) is 11.4 Å². The van der Waals surface area contributed by atoms with Gasteiger partial charge in [0.1, 0.15) is 5.82 Å². The zero-order valence-electron chi connectivity index (χ0n) is 12.4. The van der Waals surface area contributed by atoms with E-state index in [9.17, 15) is 5.11 Å². The predicted octanol–water partition coefficient (Wildman–Crippen LogP) is 1.08. The number of aliphatic hydroxyl groups excluding tert-OH is 1. The van der Waals surface area contributed by atoms with E-state index in [1.54, 1.807) is 17.1 Å². The summed E-state index contributed by atoms with van der Waals surface area (Å²) in [5.41, 5.74) is 1.91. The molecule has 22 heavy (non-hydrogen) atoms. The van der Waals surface area contributed by atoms with Crippen molar-refractivity contribution in [2.45, 2.75) is 26.4 Å². The minimum Gasteiger partial charge on any atom is -0.394 e. The molecule has 0 spiro atoms. The van der Waals surface area contributed by atoms with Crippen LogP contribution in [0.1, 0.15) is 11.5 Å². The molecule has 0 amide bonds. The number of aliphatic hydroxyl groups is 1. The van der Waals surface area contributed by atoms with Crippen molar-refractivity contribution in [3.05, 3.63) is 48.3 Å². The van der Waals surface area contributed by atoms with Crippen molar-refractivity contribution >= 4 is 0 Å². The molecule has 3 aromatic heterocycles. The molecule has 3 aromatic rings. The Kier molecular flexibility index (Phi) is 4.24. The fourth-order valence-electron chi connectivity index (χ4n) is 2.26. The Morgan fingerprint density at radius 2 is 1.91 bits per heavy atom. The van der Waals surface area contributed by atoms with Gasteiger partial charge in [-0.1, -0.05) is 0 Å². The van der Waals surface area contributed by atoms with E-state index in [0.29, 0.717) is 18.8 Å². The second-order valence-electron chi connectivity index (χ2n) is 5.00. The van der Waals surface area contributed by atoms with Crippen LogP contribution in [0.3, 0.4) is 0 Å². The topological polar surface area (TPSA) is 81.7 Å². The van der Waals surface area contributed by atoms with Crippen molar-refractivity contribution in [1.82, 2.24) is 29.5 Å². The molecule has 0 fully saturated rings. The van der Waals surface area contributed by atoms with Crippen molar-refractivity contribution in [2.24, 2.45) is 0 Å². The van der Waals surface area contributed by atoms with E-state index in [1.165, 1.54) is 0 Å². The van der Waals surface area contributed by atoms with Gasteiger partial charge in [-0.25, -0.2) is 9.67 Å². The summed E-state index contributed by atoms with van der Waals surface area (Å²) >= 11 is 0. The third kappa shape index (κ3) is 3.20. The molecule has 0 saturated heterocycles. The van der Waals surface area contributed by atoms with Crippen LogP contribution < -0.4 is 0 Å². The molecule has 0 aliphatic heterocycles. The number of aromatic nitrogens is 6. The SMILES string of the molecule is Cc1ccn(CCc2nc(-c3ccncc3)nn2CCO)n1. The lowest BCUT2D eigenvalue weighted by molar-refractivity contribution is 0.266. The predicted molar refractivity (Wildman–Crippen MR) is 81.0 cm³/mol. The Labute approximate surface area is 128 Å². The standard InChI is InChI=1S/C15H18N6O/c1-12-4-8-20(18-12)9-5-14-17-15(19-21(14)10-11-22)13-2-6-16-7-3-13/h2-4,6-8,22H,5,9-11H2,1H3. The van der Waals surface area contributed by atoms with Crippen molar-refractivity contribution < 1.29 is 5.11 Å². The van der Waals surface area contributed by atoms with Gasteiger partial charge in [0, 0.05) is 37.1 Å². The van der Waals surface area contributed by atoms with Gasteiger partial charge in [-0.3, -0.25) is 9.67 Å².